The quantitative estimate of drug-likeness (QED) is 0.917. The van der Waals surface area contributed by atoms with Gasteiger partial charge in [-0.3, -0.25) is 4.90 Å². The third-order valence-electron chi connectivity index (χ3n) is 5.46. The van der Waals surface area contributed by atoms with Crippen molar-refractivity contribution in [3.63, 3.8) is 0 Å². The maximum absolute atomic E-state index is 12.5. The number of carbonyl (C=O) groups excluding carboxylic acids is 1. The minimum atomic E-state index is 0.0651. The van der Waals surface area contributed by atoms with E-state index in [2.05, 4.69) is 52.9 Å². The van der Waals surface area contributed by atoms with Crippen molar-refractivity contribution in [3.05, 3.63) is 57.8 Å². The molecule has 1 aliphatic heterocycles. The zero-order valence-electron chi connectivity index (χ0n) is 14.6. The van der Waals surface area contributed by atoms with Crippen molar-refractivity contribution in [2.45, 2.75) is 31.8 Å². The number of fused-ring (bicyclic) bond motifs is 1. The van der Waals surface area contributed by atoms with Crippen LogP contribution in [0.2, 0.25) is 0 Å². The largest absolute Gasteiger partial charge is 0.331 e. The van der Waals surface area contributed by atoms with Crippen molar-refractivity contribution in [1.29, 1.82) is 0 Å². The van der Waals surface area contributed by atoms with E-state index in [4.69, 9.17) is 0 Å². The Bertz CT molecular complexity index is 697. The molecule has 4 nitrogen and oxygen atoms in total. The number of hydrogen-bond acceptors (Lipinski definition) is 3. The Hall–Kier alpha value is -1.85. The molecule has 1 aliphatic carbocycles. The molecule has 1 atom stereocenters. The Kier molecular flexibility index (Phi) is 4.77. The number of carbonyl (C=O) groups is 1. The maximum Gasteiger partial charge on any atom is 0.317 e. The van der Waals surface area contributed by atoms with E-state index >= 15 is 0 Å². The Labute approximate surface area is 153 Å². The van der Waals surface area contributed by atoms with Gasteiger partial charge >= 0.3 is 6.03 Å². The molecule has 2 amide bonds. The van der Waals surface area contributed by atoms with Crippen LogP contribution in [-0.4, -0.2) is 48.1 Å². The van der Waals surface area contributed by atoms with E-state index < -0.39 is 0 Å². The van der Waals surface area contributed by atoms with Crippen LogP contribution < -0.4 is 5.32 Å². The summed E-state index contributed by atoms with van der Waals surface area (Å²) < 4.78 is 0. The molecule has 0 bridgehead atoms. The summed E-state index contributed by atoms with van der Waals surface area (Å²) >= 11 is 1.69. The lowest BCUT2D eigenvalue weighted by Gasteiger charge is -2.38. The Balaban J connectivity index is 1.28. The molecule has 4 rings (SSSR count). The fraction of sp³-hybridized carbons (Fsp3) is 0.450. The van der Waals surface area contributed by atoms with Gasteiger partial charge in [0.1, 0.15) is 0 Å². The van der Waals surface area contributed by atoms with Gasteiger partial charge in [0.2, 0.25) is 0 Å². The molecular weight excluding hydrogens is 330 g/mol. The van der Waals surface area contributed by atoms with E-state index in [0.29, 0.717) is 6.04 Å². The van der Waals surface area contributed by atoms with Crippen molar-refractivity contribution < 1.29 is 4.79 Å². The number of urea groups is 1. The topological polar surface area (TPSA) is 35.6 Å². The highest BCUT2D eigenvalue weighted by atomic mass is 32.1. The van der Waals surface area contributed by atoms with Crippen molar-refractivity contribution in [2.24, 2.45) is 0 Å². The zero-order chi connectivity index (χ0) is 17.2. The molecule has 1 saturated heterocycles. The van der Waals surface area contributed by atoms with E-state index in [1.54, 1.807) is 11.3 Å². The molecule has 0 radical (unpaired) electrons. The fourth-order valence-electron chi connectivity index (χ4n) is 3.97. The minimum Gasteiger partial charge on any atom is -0.331 e. The molecule has 132 valence electrons. The number of nitrogens with zero attached hydrogens (tertiary/aromatic N) is 2. The number of benzene rings is 1. The highest BCUT2D eigenvalue weighted by Crippen LogP contribution is 2.26. The van der Waals surface area contributed by atoms with Crippen LogP contribution in [0.4, 0.5) is 4.79 Å². The average Bonchev–Trinajstić information content (AvgIpc) is 3.31. The van der Waals surface area contributed by atoms with Gasteiger partial charge < -0.3 is 10.2 Å². The van der Waals surface area contributed by atoms with Crippen molar-refractivity contribution in [2.75, 3.05) is 26.2 Å². The van der Waals surface area contributed by atoms with Crippen LogP contribution in [0.3, 0.4) is 0 Å². The van der Waals surface area contributed by atoms with Crippen molar-refractivity contribution in [3.8, 4) is 0 Å². The molecule has 1 fully saturated rings. The van der Waals surface area contributed by atoms with Gasteiger partial charge in [-0.15, -0.1) is 11.3 Å². The standard InChI is InChI=1S/C20H25N3OS/c1-15(19-7-4-12-25-19)21-20(24)23-10-8-22(9-11-23)18-13-16-5-2-3-6-17(16)14-18/h2-7,12,15,18H,8-11,13-14H2,1H3,(H,21,24). The van der Waals surface area contributed by atoms with Gasteiger partial charge in [0.25, 0.3) is 0 Å². The predicted octanol–water partition coefficient (Wildman–Crippen LogP) is 3.30. The number of hydrogen-bond donors (Lipinski definition) is 1. The lowest BCUT2D eigenvalue weighted by Crippen LogP contribution is -2.54. The molecule has 0 spiro atoms. The second kappa shape index (κ2) is 7.18. The van der Waals surface area contributed by atoms with Crippen molar-refractivity contribution in [1.82, 2.24) is 15.1 Å². The predicted molar refractivity (Wildman–Crippen MR) is 102 cm³/mol. The molecule has 5 heteroatoms. The van der Waals surface area contributed by atoms with Crippen LogP contribution in [0, 0.1) is 0 Å². The van der Waals surface area contributed by atoms with E-state index in [1.807, 2.05) is 11.0 Å². The maximum atomic E-state index is 12.5. The molecule has 2 heterocycles. The number of rotatable bonds is 3. The van der Waals surface area contributed by atoms with Crippen molar-refractivity contribution >= 4 is 17.4 Å². The lowest BCUT2D eigenvalue weighted by atomic mass is 10.1. The first kappa shape index (κ1) is 16.6. The summed E-state index contributed by atoms with van der Waals surface area (Å²) in [7, 11) is 0. The Morgan fingerprint density at radius 1 is 1.08 bits per heavy atom. The Morgan fingerprint density at radius 3 is 2.36 bits per heavy atom. The summed E-state index contributed by atoms with van der Waals surface area (Å²) in [5, 5.41) is 5.18. The molecule has 2 aliphatic rings. The molecule has 1 aromatic carbocycles. The summed E-state index contributed by atoms with van der Waals surface area (Å²) in [5.41, 5.74) is 3.00. The summed E-state index contributed by atoms with van der Waals surface area (Å²) in [5.74, 6) is 0. The van der Waals surface area contributed by atoms with E-state index in [-0.39, 0.29) is 12.1 Å². The second-order valence-electron chi connectivity index (χ2n) is 7.04. The summed E-state index contributed by atoms with van der Waals surface area (Å²) in [6.07, 6.45) is 2.30. The Morgan fingerprint density at radius 2 is 1.76 bits per heavy atom. The summed E-state index contributed by atoms with van der Waals surface area (Å²) in [4.78, 5) is 18.2. The lowest BCUT2D eigenvalue weighted by molar-refractivity contribution is 0.110. The van der Waals surface area contributed by atoms with E-state index in [1.165, 1.54) is 16.0 Å². The molecule has 1 unspecified atom stereocenters. The van der Waals surface area contributed by atoms with Gasteiger partial charge in [0, 0.05) is 37.1 Å². The monoisotopic (exact) mass is 355 g/mol. The first-order valence-electron chi connectivity index (χ1n) is 9.10. The SMILES string of the molecule is CC(NC(=O)N1CCN(C2Cc3ccccc3C2)CC1)c1cccs1. The number of amides is 2. The molecule has 1 aromatic heterocycles. The van der Waals surface area contributed by atoms with Gasteiger partial charge in [-0.2, -0.15) is 0 Å². The first-order valence-corrected chi connectivity index (χ1v) is 9.98. The van der Waals surface area contributed by atoms with Gasteiger partial charge in [0.05, 0.1) is 6.04 Å². The van der Waals surface area contributed by atoms with Gasteiger partial charge in [-0.25, -0.2) is 4.79 Å². The highest BCUT2D eigenvalue weighted by Gasteiger charge is 2.30. The molecule has 0 saturated carbocycles. The zero-order valence-corrected chi connectivity index (χ0v) is 15.5. The van der Waals surface area contributed by atoms with Crippen LogP contribution in [0.15, 0.2) is 41.8 Å². The number of piperazine rings is 1. The van der Waals surface area contributed by atoms with Crippen LogP contribution in [0.1, 0.15) is 29.0 Å². The van der Waals surface area contributed by atoms with Crippen LogP contribution in [0.25, 0.3) is 0 Å². The molecular formula is C20H25N3OS. The molecule has 1 N–H and O–H groups in total. The van der Waals surface area contributed by atoms with Crippen LogP contribution in [0.5, 0.6) is 0 Å². The third-order valence-corrected chi connectivity index (χ3v) is 6.51. The van der Waals surface area contributed by atoms with Gasteiger partial charge in [-0.05, 0) is 42.3 Å². The normalized spacial score (nSPS) is 19.6. The smallest absolute Gasteiger partial charge is 0.317 e. The fourth-order valence-corrected chi connectivity index (χ4v) is 4.70. The van der Waals surface area contributed by atoms with Crippen LogP contribution >= 0.6 is 11.3 Å². The van der Waals surface area contributed by atoms with Gasteiger partial charge in [0.15, 0.2) is 0 Å². The number of thiophene rings is 1. The number of nitrogens with one attached hydrogen (secondary N) is 1. The van der Waals surface area contributed by atoms with E-state index in [9.17, 15) is 4.79 Å². The van der Waals surface area contributed by atoms with Crippen LogP contribution in [-0.2, 0) is 12.8 Å². The minimum absolute atomic E-state index is 0.0651. The van der Waals surface area contributed by atoms with E-state index in [0.717, 1.165) is 39.0 Å². The average molecular weight is 356 g/mol. The molecule has 2 aromatic rings. The third kappa shape index (κ3) is 3.58. The van der Waals surface area contributed by atoms with Gasteiger partial charge in [-0.1, -0.05) is 30.3 Å². The first-order chi connectivity index (χ1) is 12.2. The summed E-state index contributed by atoms with van der Waals surface area (Å²) in [6.45, 7) is 5.63. The second-order valence-corrected chi connectivity index (χ2v) is 8.02. The molecule has 25 heavy (non-hydrogen) atoms. The highest BCUT2D eigenvalue weighted by molar-refractivity contribution is 7.10. The summed E-state index contributed by atoms with van der Waals surface area (Å²) in [6, 6.07) is 13.6.